The Hall–Kier alpha value is -1.71. The fraction of sp³-hybridized carbons (Fsp3) is 0.333. The minimum absolute atomic E-state index is 0.0231. The standard InChI is InChI=1S/C15H17N5OS3/c1-5-6-16-14-19-20-15(24-14)23-9(4)11-17-12(21)10-7(2)8(3)22-13(10)18-11/h5,9H,1,6H2,2-4H3,(H,16,19)(H,17,18,21)/t9-/m0/s1. The van der Waals surface area contributed by atoms with Crippen molar-refractivity contribution in [2.45, 2.75) is 30.4 Å². The fourth-order valence-corrected chi connectivity index (χ4v) is 5.16. The highest BCUT2D eigenvalue weighted by Gasteiger charge is 2.17. The molecule has 3 rings (SSSR count). The van der Waals surface area contributed by atoms with E-state index in [-0.39, 0.29) is 10.8 Å². The third-order valence-corrected chi connectivity index (χ3v) is 6.70. The van der Waals surface area contributed by atoms with Crippen LogP contribution in [0.1, 0.15) is 28.4 Å². The molecule has 0 aliphatic rings. The van der Waals surface area contributed by atoms with Gasteiger partial charge in [-0.25, -0.2) is 4.98 Å². The van der Waals surface area contributed by atoms with E-state index < -0.39 is 0 Å². The van der Waals surface area contributed by atoms with Crippen molar-refractivity contribution in [1.29, 1.82) is 0 Å². The Morgan fingerprint density at radius 2 is 2.17 bits per heavy atom. The Balaban J connectivity index is 1.83. The minimum Gasteiger partial charge on any atom is -0.357 e. The van der Waals surface area contributed by atoms with Crippen LogP contribution in [0, 0.1) is 13.8 Å². The van der Waals surface area contributed by atoms with E-state index in [1.165, 1.54) is 23.1 Å². The highest BCUT2D eigenvalue weighted by atomic mass is 32.2. The van der Waals surface area contributed by atoms with E-state index in [4.69, 9.17) is 0 Å². The van der Waals surface area contributed by atoms with Gasteiger partial charge in [0.1, 0.15) is 10.7 Å². The molecule has 0 bridgehead atoms. The molecule has 1 atom stereocenters. The number of aromatic amines is 1. The van der Waals surface area contributed by atoms with Gasteiger partial charge in [0.25, 0.3) is 5.56 Å². The summed E-state index contributed by atoms with van der Waals surface area (Å²) in [6.07, 6.45) is 1.77. The smallest absolute Gasteiger partial charge is 0.259 e. The van der Waals surface area contributed by atoms with E-state index in [9.17, 15) is 4.79 Å². The Bertz CT molecular complexity index is 942. The topological polar surface area (TPSA) is 83.6 Å². The van der Waals surface area contributed by atoms with Crippen molar-refractivity contribution in [3.63, 3.8) is 0 Å². The summed E-state index contributed by atoms with van der Waals surface area (Å²) in [5.74, 6) is 0.662. The molecule has 3 aromatic heterocycles. The van der Waals surface area contributed by atoms with Gasteiger partial charge >= 0.3 is 0 Å². The summed E-state index contributed by atoms with van der Waals surface area (Å²) in [6.45, 7) is 10.3. The molecule has 2 N–H and O–H groups in total. The first-order valence-electron chi connectivity index (χ1n) is 7.34. The van der Waals surface area contributed by atoms with Crippen molar-refractivity contribution in [3.8, 4) is 0 Å². The highest BCUT2D eigenvalue weighted by molar-refractivity contribution is 8.01. The number of nitrogens with one attached hydrogen (secondary N) is 2. The van der Waals surface area contributed by atoms with Crippen molar-refractivity contribution < 1.29 is 0 Å². The van der Waals surface area contributed by atoms with Crippen molar-refractivity contribution >= 4 is 49.8 Å². The molecule has 6 nitrogen and oxygen atoms in total. The molecule has 0 radical (unpaired) electrons. The predicted octanol–water partition coefficient (Wildman–Crippen LogP) is 3.90. The predicted molar refractivity (Wildman–Crippen MR) is 103 cm³/mol. The second-order valence-electron chi connectivity index (χ2n) is 5.22. The third-order valence-electron chi connectivity index (χ3n) is 3.52. The van der Waals surface area contributed by atoms with E-state index in [1.807, 2.05) is 20.8 Å². The Morgan fingerprint density at radius 1 is 1.38 bits per heavy atom. The first kappa shape index (κ1) is 17.1. The molecule has 0 saturated carbocycles. The number of nitrogens with zero attached hydrogens (tertiary/aromatic N) is 3. The Kier molecular flexibility index (Phi) is 5.02. The Morgan fingerprint density at radius 3 is 2.92 bits per heavy atom. The second-order valence-corrected chi connectivity index (χ2v) is 8.99. The van der Waals surface area contributed by atoms with E-state index in [0.717, 1.165) is 24.7 Å². The summed E-state index contributed by atoms with van der Waals surface area (Å²) in [4.78, 5) is 21.8. The van der Waals surface area contributed by atoms with Gasteiger partial charge in [-0.15, -0.1) is 28.1 Å². The quantitative estimate of drug-likeness (QED) is 0.499. The molecule has 0 spiro atoms. The third kappa shape index (κ3) is 3.38. The van der Waals surface area contributed by atoms with Crippen LogP contribution in [0.5, 0.6) is 0 Å². The maximum absolute atomic E-state index is 12.4. The summed E-state index contributed by atoms with van der Waals surface area (Å²) < 4.78 is 0.829. The lowest BCUT2D eigenvalue weighted by molar-refractivity contribution is 0.918. The van der Waals surface area contributed by atoms with Crippen LogP contribution in [0.2, 0.25) is 0 Å². The van der Waals surface area contributed by atoms with E-state index in [0.29, 0.717) is 17.8 Å². The molecule has 3 aromatic rings. The molecule has 0 saturated heterocycles. The zero-order valence-electron chi connectivity index (χ0n) is 13.5. The first-order valence-corrected chi connectivity index (χ1v) is 9.85. The fourth-order valence-electron chi connectivity index (χ4n) is 2.16. The minimum atomic E-state index is -0.0742. The van der Waals surface area contributed by atoms with Crippen LogP contribution in [0.4, 0.5) is 5.13 Å². The zero-order chi connectivity index (χ0) is 17.3. The van der Waals surface area contributed by atoms with Gasteiger partial charge in [0.05, 0.1) is 10.6 Å². The van der Waals surface area contributed by atoms with Gasteiger partial charge in [-0.3, -0.25) is 4.79 Å². The molecule has 3 heterocycles. The van der Waals surface area contributed by atoms with Crippen LogP contribution >= 0.6 is 34.4 Å². The molecule has 9 heteroatoms. The molecular weight excluding hydrogens is 362 g/mol. The van der Waals surface area contributed by atoms with Crippen LogP contribution in [0.15, 0.2) is 21.8 Å². The first-order chi connectivity index (χ1) is 11.5. The SMILES string of the molecule is C=CCNc1nnc(S[C@@H](C)c2nc3sc(C)c(C)c3c(=O)[nH]2)s1. The zero-order valence-corrected chi connectivity index (χ0v) is 16.0. The maximum atomic E-state index is 12.4. The molecule has 126 valence electrons. The van der Waals surface area contributed by atoms with Crippen LogP contribution in [0.3, 0.4) is 0 Å². The summed E-state index contributed by atoms with van der Waals surface area (Å²) in [6, 6.07) is 0. The van der Waals surface area contributed by atoms with Gasteiger partial charge in [-0.05, 0) is 26.3 Å². The number of fused-ring (bicyclic) bond motifs is 1. The van der Waals surface area contributed by atoms with E-state index >= 15 is 0 Å². The lowest BCUT2D eigenvalue weighted by atomic mass is 10.2. The van der Waals surface area contributed by atoms with Crippen LogP contribution < -0.4 is 10.9 Å². The average Bonchev–Trinajstić information content (AvgIpc) is 3.10. The average molecular weight is 380 g/mol. The molecular formula is C15H17N5OS3. The molecule has 0 aromatic carbocycles. The summed E-state index contributed by atoms with van der Waals surface area (Å²) in [5.41, 5.74) is 0.938. The number of aromatic nitrogens is 4. The number of aryl methyl sites for hydroxylation is 2. The number of thioether (sulfide) groups is 1. The molecule has 0 unspecified atom stereocenters. The van der Waals surface area contributed by atoms with Gasteiger partial charge in [0, 0.05) is 11.4 Å². The van der Waals surface area contributed by atoms with Gasteiger partial charge in [-0.1, -0.05) is 29.2 Å². The van der Waals surface area contributed by atoms with Crippen molar-refractivity contribution in [3.05, 3.63) is 39.3 Å². The number of H-pyrrole nitrogens is 1. The monoisotopic (exact) mass is 379 g/mol. The number of hydrogen-bond donors (Lipinski definition) is 2. The lowest BCUT2D eigenvalue weighted by Crippen LogP contribution is -2.12. The highest BCUT2D eigenvalue weighted by Crippen LogP contribution is 2.36. The van der Waals surface area contributed by atoms with Crippen molar-refractivity contribution in [2.75, 3.05) is 11.9 Å². The normalized spacial score (nSPS) is 12.5. The number of rotatable bonds is 6. The van der Waals surface area contributed by atoms with Gasteiger partial charge in [-0.2, -0.15) is 0 Å². The number of hydrogen-bond acceptors (Lipinski definition) is 8. The van der Waals surface area contributed by atoms with Crippen LogP contribution in [-0.2, 0) is 0 Å². The number of thiophene rings is 1. The molecule has 0 fully saturated rings. The van der Waals surface area contributed by atoms with Gasteiger partial charge < -0.3 is 10.3 Å². The molecule has 0 aliphatic heterocycles. The van der Waals surface area contributed by atoms with E-state index in [2.05, 4.69) is 32.1 Å². The van der Waals surface area contributed by atoms with Crippen LogP contribution in [0.25, 0.3) is 10.2 Å². The number of anilines is 1. The maximum Gasteiger partial charge on any atom is 0.259 e. The molecule has 0 aliphatic carbocycles. The lowest BCUT2D eigenvalue weighted by Gasteiger charge is -2.07. The van der Waals surface area contributed by atoms with Crippen molar-refractivity contribution in [2.24, 2.45) is 0 Å². The van der Waals surface area contributed by atoms with Gasteiger partial charge in [0.2, 0.25) is 5.13 Å². The largest absolute Gasteiger partial charge is 0.357 e. The Labute approximate surface area is 151 Å². The van der Waals surface area contributed by atoms with Gasteiger partial charge in [0.15, 0.2) is 4.34 Å². The molecule has 24 heavy (non-hydrogen) atoms. The molecule has 0 amide bonds. The second kappa shape index (κ2) is 7.04. The van der Waals surface area contributed by atoms with Crippen molar-refractivity contribution in [1.82, 2.24) is 20.2 Å². The summed E-state index contributed by atoms with van der Waals surface area (Å²) in [5, 5.41) is 12.8. The summed E-state index contributed by atoms with van der Waals surface area (Å²) in [7, 11) is 0. The van der Waals surface area contributed by atoms with Crippen LogP contribution in [-0.4, -0.2) is 26.7 Å². The summed E-state index contributed by atoms with van der Waals surface area (Å²) >= 11 is 4.56. The van der Waals surface area contributed by atoms with E-state index in [1.54, 1.807) is 17.4 Å².